The number of rotatable bonds is 7. The van der Waals surface area contributed by atoms with Gasteiger partial charge in [-0.25, -0.2) is 0 Å². The molecule has 6 nitrogen and oxygen atoms in total. The third-order valence-electron chi connectivity index (χ3n) is 4.58. The van der Waals surface area contributed by atoms with Crippen LogP contribution in [0.2, 0.25) is 0 Å². The first-order chi connectivity index (χ1) is 14.4. The molecule has 0 unspecified atom stereocenters. The fraction of sp³-hybridized carbons (Fsp3) is 0.318. The number of thiocarbonyl (C=S) groups is 1. The molecule has 1 aliphatic rings. The summed E-state index contributed by atoms with van der Waals surface area (Å²) in [7, 11) is 0. The van der Waals surface area contributed by atoms with Crippen molar-refractivity contribution in [2.45, 2.75) is 33.1 Å². The predicted molar refractivity (Wildman–Crippen MR) is 126 cm³/mol. The van der Waals surface area contributed by atoms with E-state index in [0.717, 1.165) is 35.0 Å². The van der Waals surface area contributed by atoms with Crippen molar-refractivity contribution in [2.75, 3.05) is 17.2 Å². The number of benzene rings is 2. The molecule has 0 saturated heterocycles. The van der Waals surface area contributed by atoms with E-state index >= 15 is 0 Å². The number of carbonyl (C=O) groups is 2. The average molecular weight is 490 g/mol. The van der Waals surface area contributed by atoms with Gasteiger partial charge < -0.3 is 15.4 Å². The van der Waals surface area contributed by atoms with Crippen LogP contribution < -0.4 is 20.7 Å². The number of hydrogen-bond acceptors (Lipinski definition) is 4. The molecule has 0 spiro atoms. The van der Waals surface area contributed by atoms with Crippen molar-refractivity contribution in [1.29, 1.82) is 0 Å². The van der Waals surface area contributed by atoms with Crippen molar-refractivity contribution >= 4 is 56.4 Å². The van der Waals surface area contributed by atoms with Gasteiger partial charge >= 0.3 is 0 Å². The fourth-order valence-electron chi connectivity index (χ4n) is 2.77. The first-order valence-corrected chi connectivity index (χ1v) is 11.0. The first kappa shape index (κ1) is 22.2. The van der Waals surface area contributed by atoms with E-state index in [4.69, 9.17) is 17.0 Å². The van der Waals surface area contributed by atoms with Gasteiger partial charge in [0.1, 0.15) is 5.75 Å². The molecule has 0 heterocycles. The van der Waals surface area contributed by atoms with Gasteiger partial charge in [0, 0.05) is 21.8 Å². The Morgan fingerprint density at radius 3 is 2.63 bits per heavy atom. The molecule has 0 radical (unpaired) electrons. The summed E-state index contributed by atoms with van der Waals surface area (Å²) >= 11 is 8.69. The highest BCUT2D eigenvalue weighted by Crippen LogP contribution is 2.31. The number of nitrogens with one attached hydrogen (secondary N) is 3. The zero-order valence-corrected chi connectivity index (χ0v) is 19.3. The van der Waals surface area contributed by atoms with Crippen LogP contribution in [0.5, 0.6) is 5.75 Å². The van der Waals surface area contributed by atoms with Crippen LogP contribution in [0.15, 0.2) is 40.9 Å². The second-order valence-electron chi connectivity index (χ2n) is 7.19. The van der Waals surface area contributed by atoms with Crippen LogP contribution in [0, 0.1) is 12.8 Å². The second kappa shape index (κ2) is 10.0. The van der Waals surface area contributed by atoms with Gasteiger partial charge in [-0.1, -0.05) is 28.9 Å². The number of anilines is 2. The van der Waals surface area contributed by atoms with Crippen molar-refractivity contribution in [1.82, 2.24) is 5.32 Å². The fourth-order valence-corrected chi connectivity index (χ4v) is 3.34. The Balaban J connectivity index is 1.66. The zero-order valence-electron chi connectivity index (χ0n) is 16.9. The van der Waals surface area contributed by atoms with Crippen LogP contribution in [0.25, 0.3) is 0 Å². The lowest BCUT2D eigenvalue weighted by Gasteiger charge is -2.15. The van der Waals surface area contributed by atoms with E-state index in [1.54, 1.807) is 12.1 Å². The Hall–Kier alpha value is -2.45. The molecule has 0 aliphatic heterocycles. The highest BCUT2D eigenvalue weighted by molar-refractivity contribution is 9.10. The normalized spacial score (nSPS) is 12.8. The lowest BCUT2D eigenvalue weighted by Crippen LogP contribution is -2.34. The van der Waals surface area contributed by atoms with Crippen LogP contribution >= 0.6 is 28.1 Å². The third-order valence-corrected chi connectivity index (χ3v) is 5.27. The number of carbonyl (C=O) groups excluding carboxylic acids is 2. The molecule has 2 amide bonds. The van der Waals surface area contributed by atoms with Gasteiger partial charge in [-0.2, -0.15) is 0 Å². The van der Waals surface area contributed by atoms with Gasteiger partial charge in [0.15, 0.2) is 5.11 Å². The molecule has 30 heavy (non-hydrogen) atoms. The van der Waals surface area contributed by atoms with E-state index in [2.05, 4.69) is 31.9 Å². The maximum absolute atomic E-state index is 12.7. The van der Waals surface area contributed by atoms with Crippen molar-refractivity contribution in [2.24, 2.45) is 5.92 Å². The molecule has 8 heteroatoms. The van der Waals surface area contributed by atoms with E-state index in [0.29, 0.717) is 23.6 Å². The largest absolute Gasteiger partial charge is 0.493 e. The van der Waals surface area contributed by atoms with Gasteiger partial charge in [0.25, 0.3) is 5.91 Å². The van der Waals surface area contributed by atoms with E-state index in [1.165, 1.54) is 0 Å². The summed E-state index contributed by atoms with van der Waals surface area (Å²) in [5, 5.41) is 8.80. The number of amides is 2. The van der Waals surface area contributed by atoms with Gasteiger partial charge in [-0.05, 0) is 74.3 Å². The molecule has 1 fully saturated rings. The van der Waals surface area contributed by atoms with E-state index in [1.807, 2.05) is 38.1 Å². The molecule has 2 aromatic rings. The minimum Gasteiger partial charge on any atom is -0.493 e. The Labute approximate surface area is 189 Å². The molecule has 1 aliphatic carbocycles. The van der Waals surface area contributed by atoms with E-state index < -0.39 is 0 Å². The molecule has 0 atom stereocenters. The van der Waals surface area contributed by atoms with Crippen molar-refractivity contribution in [3.05, 3.63) is 52.0 Å². The summed E-state index contributed by atoms with van der Waals surface area (Å²) in [4.78, 5) is 24.8. The Kier molecular flexibility index (Phi) is 7.44. The summed E-state index contributed by atoms with van der Waals surface area (Å²) in [5.41, 5.74) is 2.75. The minimum absolute atomic E-state index is 0.0420. The topological polar surface area (TPSA) is 79.5 Å². The molecule has 0 bridgehead atoms. The van der Waals surface area contributed by atoms with Gasteiger partial charge in [-0.3, -0.25) is 14.9 Å². The molecule has 2 aromatic carbocycles. The van der Waals surface area contributed by atoms with Crippen LogP contribution in [0.4, 0.5) is 11.4 Å². The molecule has 0 aromatic heterocycles. The lowest BCUT2D eigenvalue weighted by molar-refractivity contribution is -0.117. The standard InChI is InChI=1S/C22H24BrN3O3S/c1-3-10-29-19-9-7-15(23)11-17(19)21(28)26-22(30)24-16-8-4-13(2)18(12-16)25-20(27)14-5-6-14/h4,7-9,11-12,14H,3,5-6,10H2,1-2H3,(H,25,27)(H2,24,26,28,30). The molecule has 1 saturated carbocycles. The van der Waals surface area contributed by atoms with Crippen molar-refractivity contribution in [3.8, 4) is 5.75 Å². The Morgan fingerprint density at radius 2 is 1.93 bits per heavy atom. The maximum Gasteiger partial charge on any atom is 0.261 e. The predicted octanol–water partition coefficient (Wildman–Crippen LogP) is 5.02. The Morgan fingerprint density at radius 1 is 1.17 bits per heavy atom. The second-order valence-corrected chi connectivity index (χ2v) is 8.51. The summed E-state index contributed by atoms with van der Waals surface area (Å²) in [5.74, 6) is 0.297. The van der Waals surface area contributed by atoms with E-state index in [9.17, 15) is 9.59 Å². The van der Waals surface area contributed by atoms with Crippen LogP contribution in [-0.2, 0) is 4.79 Å². The Bertz CT molecular complexity index is 976. The molecule has 3 rings (SSSR count). The van der Waals surface area contributed by atoms with Crippen LogP contribution in [-0.4, -0.2) is 23.5 Å². The molecule has 158 valence electrons. The highest BCUT2D eigenvalue weighted by Gasteiger charge is 2.29. The van der Waals surface area contributed by atoms with E-state index in [-0.39, 0.29) is 22.8 Å². The van der Waals surface area contributed by atoms with Crippen molar-refractivity contribution in [3.63, 3.8) is 0 Å². The summed E-state index contributed by atoms with van der Waals surface area (Å²) < 4.78 is 6.44. The maximum atomic E-state index is 12.7. The summed E-state index contributed by atoms with van der Waals surface area (Å²) in [6, 6.07) is 10.8. The lowest BCUT2D eigenvalue weighted by atomic mass is 10.1. The van der Waals surface area contributed by atoms with Crippen molar-refractivity contribution < 1.29 is 14.3 Å². The zero-order chi connectivity index (χ0) is 21.7. The summed E-state index contributed by atoms with van der Waals surface area (Å²) in [6.45, 7) is 4.45. The van der Waals surface area contributed by atoms with Crippen LogP contribution in [0.3, 0.4) is 0 Å². The summed E-state index contributed by atoms with van der Waals surface area (Å²) in [6.07, 6.45) is 2.72. The first-order valence-electron chi connectivity index (χ1n) is 9.83. The average Bonchev–Trinajstić information content (AvgIpc) is 3.55. The SMILES string of the molecule is CCCOc1ccc(Br)cc1C(=O)NC(=S)Nc1ccc(C)c(NC(=O)C2CC2)c1. The monoisotopic (exact) mass is 489 g/mol. The number of hydrogen-bond donors (Lipinski definition) is 3. The van der Waals surface area contributed by atoms with Gasteiger partial charge in [-0.15, -0.1) is 0 Å². The molecular formula is C22H24BrN3O3S. The molecule has 3 N–H and O–H groups in total. The number of halogens is 1. The van der Waals surface area contributed by atoms with Gasteiger partial charge in [0.2, 0.25) is 5.91 Å². The highest BCUT2D eigenvalue weighted by atomic mass is 79.9. The smallest absolute Gasteiger partial charge is 0.261 e. The quantitative estimate of drug-likeness (QED) is 0.475. The minimum atomic E-state index is -0.366. The van der Waals surface area contributed by atoms with Gasteiger partial charge in [0.05, 0.1) is 12.2 Å². The number of ether oxygens (including phenoxy) is 1. The number of aryl methyl sites for hydroxylation is 1. The third kappa shape index (κ3) is 6.03. The van der Waals surface area contributed by atoms with Crippen LogP contribution in [0.1, 0.15) is 42.1 Å². The molecular weight excluding hydrogens is 466 g/mol.